The molecule has 1 aliphatic rings. The summed E-state index contributed by atoms with van der Waals surface area (Å²) in [5, 5.41) is 21.7. The molecule has 210 valence electrons. The molecule has 12 heteroatoms. The lowest BCUT2D eigenvalue weighted by atomic mass is 10.1. The van der Waals surface area contributed by atoms with Gasteiger partial charge >= 0.3 is 0 Å². The zero-order valence-corrected chi connectivity index (χ0v) is 24.2. The molecule has 0 aliphatic carbocycles. The van der Waals surface area contributed by atoms with Crippen LogP contribution < -0.4 is 10.2 Å². The largest absolute Gasteiger partial charge is 0.351 e. The van der Waals surface area contributed by atoms with Crippen LogP contribution >= 0.6 is 11.3 Å². The number of anilines is 1. The van der Waals surface area contributed by atoms with Gasteiger partial charge in [-0.25, -0.2) is 13.4 Å². The average molecular weight is 580 g/mol. The molecule has 0 saturated carbocycles. The molecule has 4 rings (SSSR count). The number of benzene rings is 2. The Labute approximate surface area is 239 Å². The van der Waals surface area contributed by atoms with E-state index in [9.17, 15) is 13.2 Å². The van der Waals surface area contributed by atoms with Crippen molar-refractivity contribution in [2.24, 2.45) is 0 Å². The highest BCUT2D eigenvalue weighted by Gasteiger charge is 2.24. The molecule has 2 heterocycles. The Morgan fingerprint density at radius 1 is 1.05 bits per heavy atom. The maximum atomic E-state index is 13.0. The second-order valence-corrected chi connectivity index (χ2v) is 12.4. The summed E-state index contributed by atoms with van der Waals surface area (Å²) >= 11 is 1.74. The van der Waals surface area contributed by atoms with Gasteiger partial charge in [0.25, 0.3) is 5.91 Å². The van der Waals surface area contributed by atoms with Crippen LogP contribution in [-0.4, -0.2) is 80.9 Å². The standard InChI is InChI=1S/C28H33N7O3S2/c1-2-22-6-3-7-25-26(22)32-28(39-25)34-20-18-33(19-21-34)17-14-31-27(36)23-8-10-24(11-9-23)40(37,38)35(15-4-12-29)16-5-13-30/h3,6-11H,2,4-5,14-21H2,1H3,(H,31,36). The zero-order chi connectivity index (χ0) is 28.5. The van der Waals surface area contributed by atoms with Gasteiger partial charge in [-0.3, -0.25) is 9.69 Å². The van der Waals surface area contributed by atoms with Crippen LogP contribution in [0.3, 0.4) is 0 Å². The van der Waals surface area contributed by atoms with Gasteiger partial charge in [-0.15, -0.1) is 0 Å². The summed E-state index contributed by atoms with van der Waals surface area (Å²) in [4.78, 5) is 22.2. The van der Waals surface area contributed by atoms with Crippen molar-refractivity contribution in [2.45, 2.75) is 31.1 Å². The fraction of sp³-hybridized carbons (Fsp3) is 0.429. The van der Waals surface area contributed by atoms with Gasteiger partial charge in [-0.1, -0.05) is 30.4 Å². The second-order valence-electron chi connectivity index (χ2n) is 9.44. The molecule has 3 aromatic rings. The number of hydrogen-bond donors (Lipinski definition) is 1. The summed E-state index contributed by atoms with van der Waals surface area (Å²) in [7, 11) is -3.87. The number of aromatic nitrogens is 1. The molecule has 1 fully saturated rings. The molecule has 1 aliphatic heterocycles. The highest BCUT2D eigenvalue weighted by molar-refractivity contribution is 7.89. The number of piperazine rings is 1. The molecule has 0 atom stereocenters. The van der Waals surface area contributed by atoms with E-state index in [1.165, 1.54) is 34.5 Å². The number of nitriles is 2. The van der Waals surface area contributed by atoms with Crippen molar-refractivity contribution in [2.75, 3.05) is 57.3 Å². The number of nitrogens with zero attached hydrogens (tertiary/aromatic N) is 6. The zero-order valence-electron chi connectivity index (χ0n) is 22.5. The van der Waals surface area contributed by atoms with E-state index in [2.05, 4.69) is 40.2 Å². The average Bonchev–Trinajstić information content (AvgIpc) is 3.42. The minimum Gasteiger partial charge on any atom is -0.351 e. The SMILES string of the molecule is CCc1cccc2sc(N3CCN(CCNC(=O)c4ccc(S(=O)(=O)N(CCC#N)CCC#N)cc4)CC3)nc12. The van der Waals surface area contributed by atoms with Crippen molar-refractivity contribution in [3.05, 3.63) is 53.6 Å². The lowest BCUT2D eigenvalue weighted by molar-refractivity contribution is 0.0947. The normalized spacial score (nSPS) is 14.2. The highest BCUT2D eigenvalue weighted by Crippen LogP contribution is 2.31. The number of fused-ring (bicyclic) bond motifs is 1. The fourth-order valence-electron chi connectivity index (χ4n) is 4.64. The molecule has 2 aromatic carbocycles. The first-order chi connectivity index (χ1) is 19.4. The number of amides is 1. The minimum absolute atomic E-state index is 0.0113. The van der Waals surface area contributed by atoms with E-state index in [1.807, 2.05) is 12.1 Å². The lowest BCUT2D eigenvalue weighted by Crippen LogP contribution is -2.48. The van der Waals surface area contributed by atoms with Crippen LogP contribution in [0.1, 0.15) is 35.7 Å². The monoisotopic (exact) mass is 579 g/mol. The number of carbonyl (C=O) groups is 1. The number of aryl methyl sites for hydroxylation is 1. The van der Waals surface area contributed by atoms with E-state index < -0.39 is 10.0 Å². The molecule has 0 radical (unpaired) electrons. The number of carbonyl (C=O) groups excluding carboxylic acids is 1. The van der Waals surface area contributed by atoms with E-state index in [-0.39, 0.29) is 36.7 Å². The molecule has 1 N–H and O–H groups in total. The lowest BCUT2D eigenvalue weighted by Gasteiger charge is -2.34. The Kier molecular flexibility index (Phi) is 10.1. The first-order valence-electron chi connectivity index (χ1n) is 13.4. The Balaban J connectivity index is 1.25. The van der Waals surface area contributed by atoms with Gasteiger partial charge < -0.3 is 10.2 Å². The number of hydrogen-bond acceptors (Lipinski definition) is 9. The maximum Gasteiger partial charge on any atom is 0.251 e. The van der Waals surface area contributed by atoms with E-state index in [4.69, 9.17) is 15.5 Å². The van der Waals surface area contributed by atoms with E-state index in [0.717, 1.165) is 54.1 Å². The van der Waals surface area contributed by atoms with Gasteiger partial charge in [-0.05, 0) is 42.3 Å². The van der Waals surface area contributed by atoms with Gasteiger partial charge in [0, 0.05) is 70.8 Å². The summed E-state index contributed by atoms with van der Waals surface area (Å²) in [6.07, 6.45) is 1.03. The summed E-state index contributed by atoms with van der Waals surface area (Å²) in [6.45, 7) is 6.90. The predicted molar refractivity (Wildman–Crippen MR) is 156 cm³/mol. The van der Waals surface area contributed by atoms with Crippen LogP contribution in [0.25, 0.3) is 10.2 Å². The Bertz CT molecular complexity index is 1480. The van der Waals surface area contributed by atoms with Gasteiger partial charge in [-0.2, -0.15) is 14.8 Å². The van der Waals surface area contributed by atoms with Crippen LogP contribution in [0.2, 0.25) is 0 Å². The van der Waals surface area contributed by atoms with Crippen molar-refractivity contribution >= 4 is 42.6 Å². The van der Waals surface area contributed by atoms with Gasteiger partial charge in [0.1, 0.15) is 0 Å². The summed E-state index contributed by atoms with van der Waals surface area (Å²) < 4.78 is 28.3. The molecule has 0 spiro atoms. The summed E-state index contributed by atoms with van der Waals surface area (Å²) in [5.41, 5.74) is 2.75. The third-order valence-corrected chi connectivity index (χ3v) is 9.92. The fourth-order valence-corrected chi connectivity index (χ4v) is 7.14. The Morgan fingerprint density at radius 2 is 1.73 bits per heavy atom. The van der Waals surface area contributed by atoms with Crippen molar-refractivity contribution in [1.29, 1.82) is 10.5 Å². The van der Waals surface area contributed by atoms with Crippen LogP contribution in [0.4, 0.5) is 5.13 Å². The van der Waals surface area contributed by atoms with Crippen molar-refractivity contribution in [3.63, 3.8) is 0 Å². The highest BCUT2D eigenvalue weighted by atomic mass is 32.2. The molecule has 1 aromatic heterocycles. The summed E-state index contributed by atoms with van der Waals surface area (Å²) in [5.74, 6) is -0.269. The molecule has 1 saturated heterocycles. The minimum atomic E-state index is -3.87. The first-order valence-corrected chi connectivity index (χ1v) is 15.6. The molecule has 10 nitrogen and oxygen atoms in total. The quantitative estimate of drug-likeness (QED) is 0.346. The Morgan fingerprint density at radius 3 is 2.35 bits per heavy atom. The van der Waals surface area contributed by atoms with Crippen LogP contribution in [-0.2, 0) is 16.4 Å². The third kappa shape index (κ3) is 6.95. The van der Waals surface area contributed by atoms with Gasteiger partial charge in [0.15, 0.2) is 5.13 Å². The molecule has 40 heavy (non-hydrogen) atoms. The topological polar surface area (TPSA) is 133 Å². The number of sulfonamides is 1. The molecule has 0 unspecified atom stereocenters. The summed E-state index contributed by atoms with van der Waals surface area (Å²) in [6, 6.07) is 16.0. The molecule has 0 bridgehead atoms. The molecular weight excluding hydrogens is 546 g/mol. The number of thiazole rings is 1. The van der Waals surface area contributed by atoms with Crippen LogP contribution in [0, 0.1) is 22.7 Å². The second kappa shape index (κ2) is 13.7. The number of nitrogens with one attached hydrogen (secondary N) is 1. The maximum absolute atomic E-state index is 13.0. The van der Waals surface area contributed by atoms with Gasteiger partial charge in [0.2, 0.25) is 10.0 Å². The van der Waals surface area contributed by atoms with Crippen molar-refractivity contribution in [1.82, 2.24) is 19.5 Å². The van der Waals surface area contributed by atoms with E-state index in [0.29, 0.717) is 12.1 Å². The smallest absolute Gasteiger partial charge is 0.251 e. The van der Waals surface area contributed by atoms with Gasteiger partial charge in [0.05, 0.1) is 27.3 Å². The molecular formula is C28H33N7O3S2. The number of rotatable bonds is 12. The Hall–Kier alpha value is -3.55. The predicted octanol–water partition coefficient (Wildman–Crippen LogP) is 3.23. The van der Waals surface area contributed by atoms with E-state index in [1.54, 1.807) is 11.3 Å². The molecule has 1 amide bonds. The third-order valence-electron chi connectivity index (χ3n) is 6.93. The number of para-hydroxylation sites is 1. The van der Waals surface area contributed by atoms with Crippen LogP contribution in [0.15, 0.2) is 47.4 Å². The first kappa shape index (κ1) is 29.4. The van der Waals surface area contributed by atoms with E-state index >= 15 is 0 Å². The van der Waals surface area contributed by atoms with Crippen LogP contribution in [0.5, 0.6) is 0 Å². The van der Waals surface area contributed by atoms with Crippen molar-refractivity contribution < 1.29 is 13.2 Å². The van der Waals surface area contributed by atoms with Crippen molar-refractivity contribution in [3.8, 4) is 12.1 Å².